The second-order valence-corrected chi connectivity index (χ2v) is 7.52. The predicted octanol–water partition coefficient (Wildman–Crippen LogP) is 4.15. The fourth-order valence-electron chi connectivity index (χ4n) is 4.08. The number of carbonyl (C=O) groups excluding carboxylic acids is 1. The molecule has 0 aliphatic carbocycles. The fraction of sp³-hybridized carbons (Fsp3) is 0.167. The number of hydrogen-bond acceptors (Lipinski definition) is 6. The summed E-state index contributed by atoms with van der Waals surface area (Å²) in [7, 11) is 1.44. The second-order valence-electron chi connectivity index (χ2n) is 7.52. The zero-order valence-electron chi connectivity index (χ0n) is 16.9. The van der Waals surface area contributed by atoms with Crippen LogP contribution >= 0.6 is 0 Å². The van der Waals surface area contributed by atoms with Gasteiger partial charge in [0, 0.05) is 0 Å². The molecule has 0 saturated carbocycles. The number of amides is 1. The summed E-state index contributed by atoms with van der Waals surface area (Å²) in [5.74, 6) is 0.407. The molecule has 0 spiro atoms. The first-order chi connectivity index (χ1) is 15.0. The van der Waals surface area contributed by atoms with E-state index >= 15 is 0 Å². The zero-order valence-corrected chi connectivity index (χ0v) is 16.9. The van der Waals surface area contributed by atoms with Gasteiger partial charge in [-0.3, -0.25) is 9.59 Å². The Morgan fingerprint density at radius 3 is 2.71 bits per heavy atom. The van der Waals surface area contributed by atoms with E-state index in [1.807, 2.05) is 13.0 Å². The van der Waals surface area contributed by atoms with E-state index in [9.17, 15) is 14.7 Å². The number of benzene rings is 2. The van der Waals surface area contributed by atoms with Gasteiger partial charge >= 0.3 is 0 Å². The Bertz CT molecular complexity index is 1370. The van der Waals surface area contributed by atoms with Crippen LogP contribution in [0.15, 0.2) is 68.4 Å². The van der Waals surface area contributed by atoms with Crippen molar-refractivity contribution in [3.05, 3.63) is 93.2 Å². The van der Waals surface area contributed by atoms with Gasteiger partial charge in [-0.05, 0) is 48.9 Å². The summed E-state index contributed by atoms with van der Waals surface area (Å²) in [5.41, 5.74) is 1.91. The van der Waals surface area contributed by atoms with Crippen molar-refractivity contribution < 1.29 is 23.5 Å². The van der Waals surface area contributed by atoms with Gasteiger partial charge < -0.3 is 23.6 Å². The first-order valence-electron chi connectivity index (χ1n) is 9.75. The van der Waals surface area contributed by atoms with E-state index in [4.69, 9.17) is 13.6 Å². The van der Waals surface area contributed by atoms with E-state index in [2.05, 4.69) is 0 Å². The molecule has 0 radical (unpaired) electrons. The lowest BCUT2D eigenvalue weighted by Gasteiger charge is -2.24. The van der Waals surface area contributed by atoms with Crippen LogP contribution in [0.4, 0.5) is 0 Å². The van der Waals surface area contributed by atoms with Crippen molar-refractivity contribution in [1.29, 1.82) is 0 Å². The summed E-state index contributed by atoms with van der Waals surface area (Å²) in [6.07, 6.45) is 1.53. The maximum Gasteiger partial charge on any atom is 0.291 e. The number of phenolic OH excluding ortho intramolecular Hbond substituents is 1. The number of ether oxygens (including phenoxy) is 1. The first kappa shape index (κ1) is 19.0. The SMILES string of the molecule is COc1cc([C@H]2c3c(oc4ccc(C)cc4c3=O)C(=O)N2Cc2ccco2)ccc1O. The molecule has 31 heavy (non-hydrogen) atoms. The molecule has 7 nitrogen and oxygen atoms in total. The average Bonchev–Trinajstić information content (AvgIpc) is 3.37. The van der Waals surface area contributed by atoms with E-state index in [1.54, 1.807) is 36.4 Å². The Balaban J connectivity index is 1.76. The van der Waals surface area contributed by atoms with Gasteiger partial charge in [-0.1, -0.05) is 17.7 Å². The Morgan fingerprint density at radius 1 is 1.13 bits per heavy atom. The van der Waals surface area contributed by atoms with E-state index < -0.39 is 11.9 Å². The third-order valence-electron chi connectivity index (χ3n) is 5.55. The minimum Gasteiger partial charge on any atom is -0.504 e. The minimum absolute atomic E-state index is 0.0185. The fourth-order valence-corrected chi connectivity index (χ4v) is 4.08. The molecule has 0 bridgehead atoms. The topological polar surface area (TPSA) is 93.1 Å². The molecule has 1 aliphatic heterocycles. The maximum absolute atomic E-state index is 13.5. The summed E-state index contributed by atoms with van der Waals surface area (Å²) in [6, 6.07) is 12.8. The molecule has 2 aromatic heterocycles. The van der Waals surface area contributed by atoms with Gasteiger partial charge in [-0.2, -0.15) is 0 Å². The highest BCUT2D eigenvalue weighted by molar-refractivity contribution is 5.99. The number of methoxy groups -OCH3 is 1. The zero-order chi connectivity index (χ0) is 21.7. The lowest BCUT2D eigenvalue weighted by atomic mass is 9.97. The number of hydrogen-bond donors (Lipinski definition) is 1. The smallest absolute Gasteiger partial charge is 0.291 e. The monoisotopic (exact) mass is 417 g/mol. The summed E-state index contributed by atoms with van der Waals surface area (Å²) < 4.78 is 16.6. The number of nitrogens with zero attached hydrogens (tertiary/aromatic N) is 1. The number of phenols is 1. The molecule has 7 heteroatoms. The van der Waals surface area contributed by atoms with Crippen LogP contribution in [0.3, 0.4) is 0 Å². The maximum atomic E-state index is 13.5. The molecule has 1 N–H and O–H groups in total. The number of rotatable bonds is 4. The second kappa shape index (κ2) is 7.05. The van der Waals surface area contributed by atoms with Gasteiger partial charge in [0.2, 0.25) is 5.76 Å². The highest BCUT2D eigenvalue weighted by Gasteiger charge is 2.43. The molecule has 5 rings (SSSR count). The number of aromatic hydroxyl groups is 1. The van der Waals surface area contributed by atoms with Gasteiger partial charge in [-0.25, -0.2) is 0 Å². The molecule has 1 aliphatic rings. The van der Waals surface area contributed by atoms with E-state index in [0.717, 1.165) is 5.56 Å². The molecular weight excluding hydrogens is 398 g/mol. The third kappa shape index (κ3) is 2.97. The van der Waals surface area contributed by atoms with Crippen LogP contribution in [0.5, 0.6) is 11.5 Å². The summed E-state index contributed by atoms with van der Waals surface area (Å²) in [5, 5.41) is 10.4. The standard InChI is InChI=1S/C24H19NO6/c1-13-5-8-18-16(10-13)22(27)20-21(14-6-7-17(26)19(11-14)29-2)25(24(28)23(20)31-18)12-15-4-3-9-30-15/h3-11,21,26H,12H2,1-2H3/t21-/m0/s1. The largest absolute Gasteiger partial charge is 0.504 e. The van der Waals surface area contributed by atoms with Gasteiger partial charge in [0.25, 0.3) is 5.91 Å². The quantitative estimate of drug-likeness (QED) is 0.536. The van der Waals surface area contributed by atoms with Crippen LogP contribution in [-0.2, 0) is 6.54 Å². The van der Waals surface area contributed by atoms with Crippen molar-refractivity contribution in [2.24, 2.45) is 0 Å². The van der Waals surface area contributed by atoms with Crippen LogP contribution in [0.1, 0.15) is 39.0 Å². The van der Waals surface area contributed by atoms with Gasteiger partial charge in [0.15, 0.2) is 16.9 Å². The normalized spacial score (nSPS) is 15.5. The van der Waals surface area contributed by atoms with E-state index in [-0.39, 0.29) is 34.8 Å². The Kier molecular flexibility index (Phi) is 4.32. The molecule has 1 atom stereocenters. The molecule has 156 valence electrons. The van der Waals surface area contributed by atoms with Crippen LogP contribution in [-0.4, -0.2) is 23.0 Å². The third-order valence-corrected chi connectivity index (χ3v) is 5.55. The molecule has 4 aromatic rings. The van der Waals surface area contributed by atoms with Crippen molar-refractivity contribution in [2.45, 2.75) is 19.5 Å². The molecule has 0 fully saturated rings. The first-order valence-corrected chi connectivity index (χ1v) is 9.75. The van der Waals surface area contributed by atoms with Crippen LogP contribution in [0.25, 0.3) is 11.0 Å². The Hall–Kier alpha value is -4.00. The number of carbonyl (C=O) groups is 1. The van der Waals surface area contributed by atoms with Crippen molar-refractivity contribution >= 4 is 16.9 Å². The van der Waals surface area contributed by atoms with Crippen LogP contribution < -0.4 is 10.2 Å². The van der Waals surface area contributed by atoms with Gasteiger partial charge in [0.05, 0.1) is 36.9 Å². The lowest BCUT2D eigenvalue weighted by molar-refractivity contribution is 0.0701. The number of aryl methyl sites for hydroxylation is 1. The molecule has 3 heterocycles. The van der Waals surface area contributed by atoms with Crippen molar-refractivity contribution in [3.63, 3.8) is 0 Å². The highest BCUT2D eigenvalue weighted by Crippen LogP contribution is 2.41. The van der Waals surface area contributed by atoms with E-state index in [0.29, 0.717) is 22.3 Å². The van der Waals surface area contributed by atoms with Crippen LogP contribution in [0, 0.1) is 6.92 Å². The van der Waals surface area contributed by atoms with Crippen LogP contribution in [0.2, 0.25) is 0 Å². The highest BCUT2D eigenvalue weighted by atomic mass is 16.5. The predicted molar refractivity (Wildman–Crippen MR) is 112 cm³/mol. The molecule has 2 aromatic carbocycles. The Labute approximate surface area is 177 Å². The van der Waals surface area contributed by atoms with Gasteiger partial charge in [0.1, 0.15) is 11.3 Å². The van der Waals surface area contributed by atoms with E-state index in [1.165, 1.54) is 24.3 Å². The van der Waals surface area contributed by atoms with Gasteiger partial charge in [-0.15, -0.1) is 0 Å². The molecular formula is C24H19NO6. The van der Waals surface area contributed by atoms with Crippen molar-refractivity contribution in [1.82, 2.24) is 4.90 Å². The average molecular weight is 417 g/mol. The van der Waals surface area contributed by atoms with Crippen molar-refractivity contribution in [2.75, 3.05) is 7.11 Å². The Morgan fingerprint density at radius 2 is 1.97 bits per heavy atom. The molecule has 0 unspecified atom stereocenters. The molecule has 1 amide bonds. The summed E-state index contributed by atoms with van der Waals surface area (Å²) in [4.78, 5) is 28.4. The lowest BCUT2D eigenvalue weighted by Crippen LogP contribution is -2.29. The number of furan rings is 1. The number of fused-ring (bicyclic) bond motifs is 2. The molecule has 0 saturated heterocycles. The van der Waals surface area contributed by atoms with Crippen molar-refractivity contribution in [3.8, 4) is 11.5 Å². The summed E-state index contributed by atoms with van der Waals surface area (Å²) >= 11 is 0. The minimum atomic E-state index is -0.719. The summed E-state index contributed by atoms with van der Waals surface area (Å²) in [6.45, 7) is 2.04.